The zero-order valence-electron chi connectivity index (χ0n) is 11.8. The Balaban J connectivity index is 0.000000452. The van der Waals surface area contributed by atoms with Crippen molar-refractivity contribution in [2.75, 3.05) is 20.8 Å². The summed E-state index contributed by atoms with van der Waals surface area (Å²) in [5, 5.41) is 3.45. The Morgan fingerprint density at radius 3 is 2.55 bits per heavy atom. The number of aromatic nitrogens is 2. The molecule has 0 saturated carbocycles. The molecule has 1 atom stereocenters. The minimum absolute atomic E-state index is 0.402. The van der Waals surface area contributed by atoms with Crippen LogP contribution in [0.5, 0.6) is 0 Å². The molecule has 1 unspecified atom stereocenters. The molecule has 0 amide bonds. The van der Waals surface area contributed by atoms with Gasteiger partial charge in [-0.15, -0.1) is 0 Å². The molecule has 1 aromatic carbocycles. The first kappa shape index (κ1) is 15.2. The van der Waals surface area contributed by atoms with Gasteiger partial charge in [-0.1, -0.05) is 28.1 Å². The summed E-state index contributed by atoms with van der Waals surface area (Å²) in [6, 6.07) is 8.67. The number of halogens is 1. The molecule has 1 aliphatic heterocycles. The Labute approximate surface area is 128 Å². The van der Waals surface area contributed by atoms with Crippen LogP contribution in [-0.2, 0) is 4.74 Å². The summed E-state index contributed by atoms with van der Waals surface area (Å²) in [6.07, 6.45) is 4.32. The second-order valence-electron chi connectivity index (χ2n) is 4.75. The molecule has 0 radical (unpaired) electrons. The topological polar surface area (TPSA) is 49.9 Å². The number of H-pyrrole nitrogens is 1. The number of nitrogens with zero attached hydrogens (tertiary/aromatic N) is 1. The normalized spacial score (nSPS) is 17.6. The van der Waals surface area contributed by atoms with Gasteiger partial charge < -0.3 is 15.0 Å². The maximum Gasteiger partial charge on any atom is 0.123 e. The molecular weight excluding hydrogens is 318 g/mol. The summed E-state index contributed by atoms with van der Waals surface area (Å²) in [5.41, 5.74) is 2.26. The van der Waals surface area contributed by atoms with Crippen molar-refractivity contribution >= 4 is 15.9 Å². The highest BCUT2D eigenvalue weighted by Gasteiger charge is 2.19. The Bertz CT molecular complexity index is 518. The van der Waals surface area contributed by atoms with Crippen LogP contribution in [0.3, 0.4) is 0 Å². The van der Waals surface area contributed by atoms with Crippen molar-refractivity contribution in [1.29, 1.82) is 0 Å². The Kier molecular flexibility index (Phi) is 5.76. The fourth-order valence-electron chi connectivity index (χ4n) is 2.21. The number of aromatic amines is 1. The van der Waals surface area contributed by atoms with Gasteiger partial charge >= 0.3 is 0 Å². The molecule has 2 heterocycles. The standard InChI is InChI=1S/C13H14BrN3.C2H6O/c14-10-5-3-9(4-6-10)12-8-16-13(17-12)11-2-1-7-15-11;1-3-2/h3-6,8,11,15H,1-2,7H2,(H,16,17);1-2H3. The van der Waals surface area contributed by atoms with E-state index in [1.807, 2.05) is 18.3 Å². The van der Waals surface area contributed by atoms with Gasteiger partial charge in [0, 0.05) is 18.7 Å². The monoisotopic (exact) mass is 337 g/mol. The lowest BCUT2D eigenvalue weighted by molar-refractivity contribution is 0.277. The molecule has 0 aliphatic carbocycles. The largest absolute Gasteiger partial charge is 0.388 e. The van der Waals surface area contributed by atoms with Gasteiger partial charge in [-0.2, -0.15) is 0 Å². The van der Waals surface area contributed by atoms with E-state index < -0.39 is 0 Å². The van der Waals surface area contributed by atoms with Gasteiger partial charge in [-0.05, 0) is 37.1 Å². The predicted octanol–water partition coefficient (Wildman–Crippen LogP) is 3.53. The molecule has 2 aromatic rings. The molecule has 3 rings (SSSR count). The molecule has 108 valence electrons. The van der Waals surface area contributed by atoms with Crippen LogP contribution in [-0.4, -0.2) is 30.7 Å². The molecule has 1 saturated heterocycles. The zero-order chi connectivity index (χ0) is 14.4. The van der Waals surface area contributed by atoms with Gasteiger partial charge in [-0.3, -0.25) is 0 Å². The molecule has 2 N–H and O–H groups in total. The van der Waals surface area contributed by atoms with Crippen LogP contribution >= 0.6 is 15.9 Å². The zero-order valence-corrected chi connectivity index (χ0v) is 13.4. The highest BCUT2D eigenvalue weighted by molar-refractivity contribution is 9.10. The van der Waals surface area contributed by atoms with Crippen LogP contribution in [0, 0.1) is 0 Å². The Morgan fingerprint density at radius 1 is 1.25 bits per heavy atom. The van der Waals surface area contributed by atoms with E-state index in [0.717, 1.165) is 22.5 Å². The second-order valence-corrected chi connectivity index (χ2v) is 5.66. The highest BCUT2D eigenvalue weighted by Crippen LogP contribution is 2.24. The van der Waals surface area contributed by atoms with E-state index in [1.54, 1.807) is 14.2 Å². The molecule has 5 heteroatoms. The molecule has 0 spiro atoms. The summed E-state index contributed by atoms with van der Waals surface area (Å²) in [6.45, 7) is 1.10. The SMILES string of the molecule is Brc1ccc(-c2cnc(C3CCCN3)[nH]2)cc1.COC. The van der Waals surface area contributed by atoms with Crippen molar-refractivity contribution in [3.63, 3.8) is 0 Å². The summed E-state index contributed by atoms with van der Waals surface area (Å²) in [5.74, 6) is 1.06. The Morgan fingerprint density at radius 2 is 1.95 bits per heavy atom. The first-order valence-corrected chi connectivity index (χ1v) is 7.48. The summed E-state index contributed by atoms with van der Waals surface area (Å²) in [4.78, 5) is 7.87. The van der Waals surface area contributed by atoms with Gasteiger partial charge in [0.05, 0.1) is 17.9 Å². The second kappa shape index (κ2) is 7.57. The van der Waals surface area contributed by atoms with Crippen LogP contribution in [0.1, 0.15) is 24.7 Å². The van der Waals surface area contributed by atoms with Gasteiger partial charge in [0.1, 0.15) is 5.82 Å². The maximum atomic E-state index is 4.47. The number of benzene rings is 1. The van der Waals surface area contributed by atoms with Crippen molar-refractivity contribution in [3.05, 3.63) is 40.8 Å². The predicted molar refractivity (Wildman–Crippen MR) is 84.6 cm³/mol. The van der Waals surface area contributed by atoms with Gasteiger partial charge in [0.15, 0.2) is 0 Å². The van der Waals surface area contributed by atoms with Crippen LogP contribution < -0.4 is 5.32 Å². The van der Waals surface area contributed by atoms with Crippen LogP contribution in [0.15, 0.2) is 34.9 Å². The molecular formula is C15H20BrN3O. The van der Waals surface area contributed by atoms with Gasteiger partial charge in [-0.25, -0.2) is 4.98 Å². The van der Waals surface area contributed by atoms with E-state index in [2.05, 4.69) is 48.1 Å². The van der Waals surface area contributed by atoms with Gasteiger partial charge in [0.2, 0.25) is 0 Å². The van der Waals surface area contributed by atoms with Crippen LogP contribution in [0.25, 0.3) is 11.3 Å². The number of methoxy groups -OCH3 is 1. The number of rotatable bonds is 2. The third-order valence-electron chi connectivity index (χ3n) is 3.14. The number of ether oxygens (including phenoxy) is 1. The fraction of sp³-hybridized carbons (Fsp3) is 0.400. The van der Waals surface area contributed by atoms with Gasteiger partial charge in [0.25, 0.3) is 0 Å². The van der Waals surface area contributed by atoms with Crippen molar-refractivity contribution in [2.24, 2.45) is 0 Å². The first-order valence-electron chi connectivity index (χ1n) is 6.69. The minimum Gasteiger partial charge on any atom is -0.388 e. The molecule has 1 aliphatic rings. The minimum atomic E-state index is 0.402. The van der Waals surface area contributed by atoms with E-state index >= 15 is 0 Å². The lowest BCUT2D eigenvalue weighted by atomic mass is 10.2. The molecule has 0 bridgehead atoms. The van der Waals surface area contributed by atoms with Crippen LogP contribution in [0.2, 0.25) is 0 Å². The number of imidazole rings is 1. The average molecular weight is 338 g/mol. The number of hydrogen-bond acceptors (Lipinski definition) is 3. The van der Waals surface area contributed by atoms with E-state index in [4.69, 9.17) is 0 Å². The average Bonchev–Trinajstić information content (AvgIpc) is 3.11. The van der Waals surface area contributed by atoms with E-state index in [0.29, 0.717) is 6.04 Å². The van der Waals surface area contributed by atoms with Crippen molar-refractivity contribution in [2.45, 2.75) is 18.9 Å². The van der Waals surface area contributed by atoms with Crippen LogP contribution in [0.4, 0.5) is 0 Å². The lowest BCUT2D eigenvalue weighted by Crippen LogP contribution is -2.14. The van der Waals surface area contributed by atoms with Crippen molar-refractivity contribution in [1.82, 2.24) is 15.3 Å². The van der Waals surface area contributed by atoms with Crippen molar-refractivity contribution in [3.8, 4) is 11.3 Å². The quantitative estimate of drug-likeness (QED) is 0.881. The van der Waals surface area contributed by atoms with Crippen molar-refractivity contribution < 1.29 is 4.74 Å². The molecule has 4 nitrogen and oxygen atoms in total. The third kappa shape index (κ3) is 3.91. The first-order chi connectivity index (χ1) is 9.74. The summed E-state index contributed by atoms with van der Waals surface area (Å²) in [7, 11) is 3.25. The fourth-order valence-corrected chi connectivity index (χ4v) is 2.47. The van der Waals surface area contributed by atoms with E-state index in [9.17, 15) is 0 Å². The highest BCUT2D eigenvalue weighted by atomic mass is 79.9. The third-order valence-corrected chi connectivity index (χ3v) is 3.67. The molecule has 20 heavy (non-hydrogen) atoms. The summed E-state index contributed by atoms with van der Waals surface area (Å²) >= 11 is 3.44. The number of hydrogen-bond donors (Lipinski definition) is 2. The number of nitrogens with one attached hydrogen (secondary N) is 2. The lowest BCUT2D eigenvalue weighted by Gasteiger charge is -2.05. The van der Waals surface area contributed by atoms with E-state index in [1.165, 1.54) is 18.4 Å². The maximum absolute atomic E-state index is 4.47. The smallest absolute Gasteiger partial charge is 0.123 e. The Hall–Kier alpha value is -1.17. The molecule has 1 aromatic heterocycles. The van der Waals surface area contributed by atoms with E-state index in [-0.39, 0.29) is 0 Å². The molecule has 1 fully saturated rings. The summed E-state index contributed by atoms with van der Waals surface area (Å²) < 4.78 is 5.35.